The summed E-state index contributed by atoms with van der Waals surface area (Å²) in [5.41, 5.74) is 6.75. The SMILES string of the molecule is CCCC(N)CC(=O)Nc1ncccc1C. The normalized spacial score (nSPS) is 12.2. The Labute approximate surface area is 96.3 Å². The number of aryl methyl sites for hydroxylation is 1. The quantitative estimate of drug-likeness (QED) is 0.797. The van der Waals surface area contributed by atoms with Crippen LogP contribution in [0.4, 0.5) is 5.82 Å². The predicted molar refractivity (Wildman–Crippen MR) is 65.1 cm³/mol. The Morgan fingerprint density at radius 2 is 2.38 bits per heavy atom. The van der Waals surface area contributed by atoms with Crippen molar-refractivity contribution in [1.82, 2.24) is 4.98 Å². The maximum Gasteiger partial charge on any atom is 0.227 e. The number of rotatable bonds is 5. The molecule has 0 saturated carbocycles. The van der Waals surface area contributed by atoms with Crippen molar-refractivity contribution in [2.24, 2.45) is 5.73 Å². The number of pyridine rings is 1. The third-order valence-electron chi connectivity index (χ3n) is 2.37. The van der Waals surface area contributed by atoms with Crippen molar-refractivity contribution in [1.29, 1.82) is 0 Å². The van der Waals surface area contributed by atoms with E-state index in [1.807, 2.05) is 19.1 Å². The number of nitrogens with zero attached hydrogens (tertiary/aromatic N) is 1. The van der Waals surface area contributed by atoms with Crippen LogP contribution in [0.1, 0.15) is 31.7 Å². The highest BCUT2D eigenvalue weighted by atomic mass is 16.1. The molecule has 0 fully saturated rings. The molecule has 1 aromatic heterocycles. The first-order valence-electron chi connectivity index (χ1n) is 5.60. The Balaban J connectivity index is 2.49. The highest BCUT2D eigenvalue weighted by molar-refractivity contribution is 5.90. The zero-order chi connectivity index (χ0) is 12.0. The standard InChI is InChI=1S/C12H19N3O/c1-3-5-10(13)8-11(16)15-12-9(2)6-4-7-14-12/h4,6-7,10H,3,5,8,13H2,1-2H3,(H,14,15,16). The predicted octanol–water partition coefficient (Wildman–Crippen LogP) is 1.85. The maximum absolute atomic E-state index is 11.6. The molecule has 0 bridgehead atoms. The minimum Gasteiger partial charge on any atom is -0.327 e. The first-order valence-corrected chi connectivity index (χ1v) is 5.60. The summed E-state index contributed by atoms with van der Waals surface area (Å²) < 4.78 is 0. The van der Waals surface area contributed by atoms with Gasteiger partial charge >= 0.3 is 0 Å². The molecule has 3 N–H and O–H groups in total. The fourth-order valence-corrected chi connectivity index (χ4v) is 1.51. The number of aromatic nitrogens is 1. The maximum atomic E-state index is 11.6. The average Bonchev–Trinajstić information content (AvgIpc) is 2.21. The second kappa shape index (κ2) is 6.23. The molecule has 0 aliphatic rings. The van der Waals surface area contributed by atoms with Crippen LogP contribution in [0.25, 0.3) is 0 Å². The van der Waals surface area contributed by atoms with Gasteiger partial charge in [-0.1, -0.05) is 19.4 Å². The minimum atomic E-state index is -0.0669. The van der Waals surface area contributed by atoms with Crippen molar-refractivity contribution in [3.63, 3.8) is 0 Å². The Kier molecular flexibility index (Phi) is 4.92. The number of amides is 1. The van der Waals surface area contributed by atoms with Crippen molar-refractivity contribution in [2.45, 2.75) is 39.2 Å². The molecular formula is C12H19N3O. The molecular weight excluding hydrogens is 202 g/mol. The zero-order valence-electron chi connectivity index (χ0n) is 9.86. The molecule has 1 unspecified atom stereocenters. The molecule has 1 heterocycles. The molecule has 0 aliphatic heterocycles. The molecule has 1 rings (SSSR count). The molecule has 0 radical (unpaired) electrons. The molecule has 0 spiro atoms. The Bertz CT molecular complexity index is 352. The van der Waals surface area contributed by atoms with Gasteiger partial charge < -0.3 is 11.1 Å². The average molecular weight is 221 g/mol. The second-order valence-electron chi connectivity index (χ2n) is 3.97. The van der Waals surface area contributed by atoms with Crippen molar-refractivity contribution in [3.05, 3.63) is 23.9 Å². The molecule has 0 saturated heterocycles. The van der Waals surface area contributed by atoms with Gasteiger partial charge in [0.15, 0.2) is 0 Å². The monoisotopic (exact) mass is 221 g/mol. The van der Waals surface area contributed by atoms with Crippen molar-refractivity contribution < 1.29 is 4.79 Å². The van der Waals surface area contributed by atoms with Gasteiger partial charge in [0.05, 0.1) is 0 Å². The van der Waals surface area contributed by atoms with Gasteiger partial charge in [-0.3, -0.25) is 4.79 Å². The summed E-state index contributed by atoms with van der Waals surface area (Å²) in [5.74, 6) is 0.555. The van der Waals surface area contributed by atoms with E-state index in [2.05, 4.69) is 17.2 Å². The third-order valence-corrected chi connectivity index (χ3v) is 2.37. The first-order chi connectivity index (χ1) is 7.63. The lowest BCUT2D eigenvalue weighted by atomic mass is 10.1. The van der Waals surface area contributed by atoms with Crippen LogP contribution in [-0.2, 0) is 4.79 Å². The molecule has 4 heteroatoms. The van der Waals surface area contributed by atoms with Crippen LogP contribution in [0.2, 0.25) is 0 Å². The fraction of sp³-hybridized carbons (Fsp3) is 0.500. The van der Waals surface area contributed by atoms with Gasteiger partial charge in [-0.25, -0.2) is 4.98 Å². The number of nitrogens with two attached hydrogens (primary N) is 1. The summed E-state index contributed by atoms with van der Waals surface area (Å²) in [7, 11) is 0. The van der Waals surface area contributed by atoms with E-state index in [1.165, 1.54) is 0 Å². The first kappa shape index (κ1) is 12.6. The van der Waals surface area contributed by atoms with E-state index < -0.39 is 0 Å². The van der Waals surface area contributed by atoms with Crippen molar-refractivity contribution in [3.8, 4) is 0 Å². The van der Waals surface area contributed by atoms with Gasteiger partial charge in [0, 0.05) is 18.7 Å². The lowest BCUT2D eigenvalue weighted by Gasteiger charge is -2.11. The molecule has 88 valence electrons. The Morgan fingerprint density at radius 3 is 3.00 bits per heavy atom. The largest absolute Gasteiger partial charge is 0.327 e. The summed E-state index contributed by atoms with van der Waals surface area (Å²) in [5, 5.41) is 2.77. The summed E-state index contributed by atoms with van der Waals surface area (Å²) in [6.45, 7) is 3.97. The van der Waals surface area contributed by atoms with Crippen LogP contribution >= 0.6 is 0 Å². The van der Waals surface area contributed by atoms with Gasteiger partial charge in [-0.15, -0.1) is 0 Å². The van der Waals surface area contributed by atoms with Crippen LogP contribution in [0.3, 0.4) is 0 Å². The van der Waals surface area contributed by atoms with E-state index in [0.717, 1.165) is 18.4 Å². The lowest BCUT2D eigenvalue weighted by Crippen LogP contribution is -2.27. The van der Waals surface area contributed by atoms with Gasteiger partial charge in [0.1, 0.15) is 5.82 Å². The summed E-state index contributed by atoms with van der Waals surface area (Å²) in [6.07, 6.45) is 3.88. The topological polar surface area (TPSA) is 68.0 Å². The number of carbonyl (C=O) groups is 1. The van der Waals surface area contributed by atoms with E-state index in [0.29, 0.717) is 12.2 Å². The number of carbonyl (C=O) groups excluding carboxylic acids is 1. The van der Waals surface area contributed by atoms with Crippen LogP contribution < -0.4 is 11.1 Å². The number of anilines is 1. The molecule has 4 nitrogen and oxygen atoms in total. The van der Waals surface area contributed by atoms with Crippen LogP contribution in [0.15, 0.2) is 18.3 Å². The van der Waals surface area contributed by atoms with Crippen molar-refractivity contribution >= 4 is 11.7 Å². The van der Waals surface area contributed by atoms with Gasteiger partial charge in [-0.2, -0.15) is 0 Å². The molecule has 16 heavy (non-hydrogen) atoms. The van der Waals surface area contributed by atoms with E-state index in [-0.39, 0.29) is 11.9 Å². The zero-order valence-corrected chi connectivity index (χ0v) is 9.86. The Hall–Kier alpha value is -1.42. The van der Waals surface area contributed by atoms with Crippen LogP contribution in [0, 0.1) is 6.92 Å². The molecule has 1 amide bonds. The van der Waals surface area contributed by atoms with Crippen molar-refractivity contribution in [2.75, 3.05) is 5.32 Å². The van der Waals surface area contributed by atoms with Gasteiger partial charge in [-0.05, 0) is 25.0 Å². The van der Waals surface area contributed by atoms with E-state index in [1.54, 1.807) is 6.20 Å². The highest BCUT2D eigenvalue weighted by Crippen LogP contribution is 2.10. The van der Waals surface area contributed by atoms with Crippen LogP contribution in [0.5, 0.6) is 0 Å². The van der Waals surface area contributed by atoms with E-state index in [4.69, 9.17) is 5.73 Å². The highest BCUT2D eigenvalue weighted by Gasteiger charge is 2.10. The second-order valence-corrected chi connectivity index (χ2v) is 3.97. The molecule has 0 aliphatic carbocycles. The summed E-state index contributed by atoms with van der Waals surface area (Å²) in [6, 6.07) is 3.69. The molecule has 0 aromatic carbocycles. The van der Waals surface area contributed by atoms with Crippen LogP contribution in [-0.4, -0.2) is 16.9 Å². The summed E-state index contributed by atoms with van der Waals surface area (Å²) in [4.78, 5) is 15.7. The minimum absolute atomic E-state index is 0.0611. The molecule has 1 aromatic rings. The molecule has 1 atom stereocenters. The van der Waals surface area contributed by atoms with E-state index >= 15 is 0 Å². The van der Waals surface area contributed by atoms with Gasteiger partial charge in [0.25, 0.3) is 0 Å². The fourth-order valence-electron chi connectivity index (χ4n) is 1.51. The number of nitrogens with one attached hydrogen (secondary N) is 1. The van der Waals surface area contributed by atoms with E-state index in [9.17, 15) is 4.79 Å². The number of hydrogen-bond acceptors (Lipinski definition) is 3. The van der Waals surface area contributed by atoms with Gasteiger partial charge in [0.2, 0.25) is 5.91 Å². The lowest BCUT2D eigenvalue weighted by molar-refractivity contribution is -0.116. The smallest absolute Gasteiger partial charge is 0.227 e. The third kappa shape index (κ3) is 3.98. The number of hydrogen-bond donors (Lipinski definition) is 2. The Morgan fingerprint density at radius 1 is 1.62 bits per heavy atom. The summed E-state index contributed by atoms with van der Waals surface area (Å²) >= 11 is 0.